The van der Waals surface area contributed by atoms with E-state index in [1.54, 1.807) is 12.1 Å². The Morgan fingerprint density at radius 2 is 2.00 bits per heavy atom. The maximum absolute atomic E-state index is 13.4. The summed E-state index contributed by atoms with van der Waals surface area (Å²) in [5, 5.41) is 3.09. The molecule has 0 saturated heterocycles. The third-order valence-electron chi connectivity index (χ3n) is 2.75. The number of aryl methyl sites for hydroxylation is 1. The highest BCUT2D eigenvalue weighted by atomic mass is 79.9. The largest absolute Gasteiger partial charge is 0.457 e. The Morgan fingerprint density at radius 1 is 1.21 bits per heavy atom. The molecule has 0 aromatic heterocycles. The molecule has 0 radical (unpaired) electrons. The van der Waals surface area contributed by atoms with Crippen LogP contribution >= 0.6 is 15.9 Å². The van der Waals surface area contributed by atoms with Crippen molar-refractivity contribution in [2.45, 2.75) is 13.5 Å². The summed E-state index contributed by atoms with van der Waals surface area (Å²) in [5.74, 6) is 0.904. The minimum atomic E-state index is -0.332. The van der Waals surface area contributed by atoms with Crippen molar-refractivity contribution in [3.63, 3.8) is 0 Å². The molecule has 0 saturated carbocycles. The van der Waals surface area contributed by atoms with Gasteiger partial charge in [-0.05, 0) is 59.2 Å². The minimum absolute atomic E-state index is 0.332. The van der Waals surface area contributed by atoms with Crippen molar-refractivity contribution in [1.29, 1.82) is 0 Å². The zero-order valence-electron chi connectivity index (χ0n) is 10.8. The molecule has 2 rings (SSSR count). The number of ether oxygens (including phenoxy) is 1. The molecule has 2 aromatic rings. The molecule has 0 aliphatic carbocycles. The summed E-state index contributed by atoms with van der Waals surface area (Å²) >= 11 is 3.12. The topological polar surface area (TPSA) is 21.3 Å². The predicted octanol–water partition coefficient (Wildman–Crippen LogP) is 4.41. The molecule has 0 amide bonds. The first-order valence-electron chi connectivity index (χ1n) is 5.97. The Bertz CT molecular complexity index is 586. The second-order valence-corrected chi connectivity index (χ2v) is 5.16. The Labute approximate surface area is 120 Å². The second kappa shape index (κ2) is 6.17. The number of nitrogens with one attached hydrogen (secondary N) is 1. The quantitative estimate of drug-likeness (QED) is 0.899. The molecule has 0 bridgehead atoms. The van der Waals surface area contributed by atoms with Crippen molar-refractivity contribution in [2.75, 3.05) is 7.05 Å². The van der Waals surface area contributed by atoms with Crippen LogP contribution in [0.15, 0.2) is 40.9 Å². The van der Waals surface area contributed by atoms with Gasteiger partial charge in [-0.25, -0.2) is 4.39 Å². The van der Waals surface area contributed by atoms with E-state index in [0.29, 0.717) is 10.2 Å². The van der Waals surface area contributed by atoms with Crippen molar-refractivity contribution < 1.29 is 9.13 Å². The van der Waals surface area contributed by atoms with E-state index in [1.165, 1.54) is 6.07 Å². The van der Waals surface area contributed by atoms with Gasteiger partial charge in [0.2, 0.25) is 0 Å². The predicted molar refractivity (Wildman–Crippen MR) is 78.1 cm³/mol. The number of rotatable bonds is 4. The molecule has 0 fully saturated rings. The fourth-order valence-electron chi connectivity index (χ4n) is 1.74. The van der Waals surface area contributed by atoms with Gasteiger partial charge in [-0.15, -0.1) is 0 Å². The monoisotopic (exact) mass is 323 g/mol. The number of hydrogen-bond acceptors (Lipinski definition) is 2. The van der Waals surface area contributed by atoms with E-state index in [1.807, 2.05) is 32.2 Å². The van der Waals surface area contributed by atoms with Crippen LogP contribution in [0.4, 0.5) is 4.39 Å². The smallest absolute Gasteiger partial charge is 0.141 e. The van der Waals surface area contributed by atoms with Crippen LogP contribution < -0.4 is 10.1 Å². The van der Waals surface area contributed by atoms with Crippen LogP contribution in [-0.4, -0.2) is 7.05 Å². The van der Waals surface area contributed by atoms with Gasteiger partial charge >= 0.3 is 0 Å². The Hall–Kier alpha value is -1.39. The third kappa shape index (κ3) is 3.55. The van der Waals surface area contributed by atoms with E-state index in [9.17, 15) is 4.39 Å². The maximum Gasteiger partial charge on any atom is 0.141 e. The van der Waals surface area contributed by atoms with Crippen LogP contribution in [-0.2, 0) is 6.54 Å². The SMILES string of the molecule is CNCc1ccc(C)c(Oc2ccc(Br)c(F)c2)c1. The fraction of sp³-hybridized carbons (Fsp3) is 0.200. The first-order chi connectivity index (χ1) is 9.10. The summed E-state index contributed by atoms with van der Waals surface area (Å²) in [6.45, 7) is 2.74. The van der Waals surface area contributed by atoms with Crippen LogP contribution in [0.25, 0.3) is 0 Å². The van der Waals surface area contributed by atoms with Crippen molar-refractivity contribution in [2.24, 2.45) is 0 Å². The molecule has 0 unspecified atom stereocenters. The van der Waals surface area contributed by atoms with Crippen LogP contribution in [0.3, 0.4) is 0 Å². The van der Waals surface area contributed by atoms with E-state index in [2.05, 4.69) is 21.2 Å². The molecule has 2 nitrogen and oxygen atoms in total. The molecule has 0 heterocycles. The molecular formula is C15H15BrFNO. The number of benzene rings is 2. The van der Waals surface area contributed by atoms with Gasteiger partial charge in [0.25, 0.3) is 0 Å². The van der Waals surface area contributed by atoms with Gasteiger partial charge in [-0.3, -0.25) is 0 Å². The molecule has 0 spiro atoms. The van der Waals surface area contributed by atoms with Crippen molar-refractivity contribution >= 4 is 15.9 Å². The lowest BCUT2D eigenvalue weighted by Crippen LogP contribution is -2.05. The summed E-state index contributed by atoms with van der Waals surface area (Å²) in [5.41, 5.74) is 2.14. The maximum atomic E-state index is 13.4. The minimum Gasteiger partial charge on any atom is -0.457 e. The average Bonchev–Trinajstić information content (AvgIpc) is 2.38. The van der Waals surface area contributed by atoms with E-state index in [4.69, 9.17) is 4.74 Å². The van der Waals surface area contributed by atoms with E-state index in [-0.39, 0.29) is 5.82 Å². The Morgan fingerprint density at radius 3 is 2.68 bits per heavy atom. The van der Waals surface area contributed by atoms with Gasteiger partial charge in [0.05, 0.1) is 4.47 Å². The van der Waals surface area contributed by atoms with Crippen molar-refractivity contribution in [3.05, 3.63) is 57.8 Å². The molecule has 4 heteroatoms. The van der Waals surface area contributed by atoms with Gasteiger partial charge in [-0.1, -0.05) is 12.1 Å². The molecule has 19 heavy (non-hydrogen) atoms. The standard InChI is InChI=1S/C15H15BrFNO/c1-10-3-4-11(9-18-2)7-15(10)19-12-5-6-13(16)14(17)8-12/h3-8,18H,9H2,1-2H3. The van der Waals surface area contributed by atoms with E-state index in [0.717, 1.165) is 23.4 Å². The lowest BCUT2D eigenvalue weighted by Gasteiger charge is -2.11. The molecule has 0 atom stereocenters. The van der Waals surface area contributed by atoms with Crippen molar-refractivity contribution in [1.82, 2.24) is 5.32 Å². The highest BCUT2D eigenvalue weighted by molar-refractivity contribution is 9.10. The summed E-state index contributed by atoms with van der Waals surface area (Å²) in [6, 6.07) is 10.7. The van der Waals surface area contributed by atoms with E-state index < -0.39 is 0 Å². The molecule has 1 N–H and O–H groups in total. The molecule has 100 valence electrons. The van der Waals surface area contributed by atoms with Gasteiger partial charge in [0.1, 0.15) is 17.3 Å². The first kappa shape index (κ1) is 14.0. The molecule has 2 aromatic carbocycles. The Kier molecular flexibility index (Phi) is 4.56. The second-order valence-electron chi connectivity index (χ2n) is 4.31. The van der Waals surface area contributed by atoms with Gasteiger partial charge in [0, 0.05) is 12.6 Å². The summed E-state index contributed by atoms with van der Waals surface area (Å²) in [7, 11) is 1.89. The van der Waals surface area contributed by atoms with Crippen molar-refractivity contribution in [3.8, 4) is 11.5 Å². The van der Waals surface area contributed by atoms with Crippen LogP contribution in [0, 0.1) is 12.7 Å². The number of hydrogen-bond donors (Lipinski definition) is 1. The zero-order chi connectivity index (χ0) is 13.8. The lowest BCUT2D eigenvalue weighted by atomic mass is 10.1. The van der Waals surface area contributed by atoms with Gasteiger partial charge in [-0.2, -0.15) is 0 Å². The molecule has 0 aliphatic rings. The summed E-state index contributed by atoms with van der Waals surface area (Å²) < 4.78 is 19.6. The fourth-order valence-corrected chi connectivity index (χ4v) is 1.98. The normalized spacial score (nSPS) is 10.5. The first-order valence-corrected chi connectivity index (χ1v) is 6.76. The Balaban J connectivity index is 2.26. The van der Waals surface area contributed by atoms with Crippen LogP contribution in [0.1, 0.15) is 11.1 Å². The zero-order valence-corrected chi connectivity index (χ0v) is 12.4. The highest BCUT2D eigenvalue weighted by Crippen LogP contribution is 2.28. The lowest BCUT2D eigenvalue weighted by molar-refractivity contribution is 0.472. The van der Waals surface area contributed by atoms with Crippen LogP contribution in [0.2, 0.25) is 0 Å². The van der Waals surface area contributed by atoms with Gasteiger partial charge < -0.3 is 10.1 Å². The average molecular weight is 324 g/mol. The third-order valence-corrected chi connectivity index (χ3v) is 3.40. The van der Waals surface area contributed by atoms with E-state index >= 15 is 0 Å². The summed E-state index contributed by atoms with van der Waals surface area (Å²) in [6.07, 6.45) is 0. The molecule has 0 aliphatic heterocycles. The van der Waals surface area contributed by atoms with Gasteiger partial charge in [0.15, 0.2) is 0 Å². The summed E-state index contributed by atoms with van der Waals surface area (Å²) in [4.78, 5) is 0. The molecular weight excluding hydrogens is 309 g/mol. The number of halogens is 2. The highest BCUT2D eigenvalue weighted by Gasteiger charge is 2.06. The van der Waals surface area contributed by atoms with Crippen LogP contribution in [0.5, 0.6) is 11.5 Å².